The van der Waals surface area contributed by atoms with E-state index in [1.807, 2.05) is 38.1 Å². The Morgan fingerprint density at radius 1 is 0.571 bits per heavy atom. The molecule has 0 spiro atoms. The van der Waals surface area contributed by atoms with E-state index in [2.05, 4.69) is 55.4 Å². The summed E-state index contributed by atoms with van der Waals surface area (Å²) >= 11 is 27.7. The van der Waals surface area contributed by atoms with Gasteiger partial charge in [0.15, 0.2) is 0 Å². The van der Waals surface area contributed by atoms with Crippen molar-refractivity contribution in [3.8, 4) is 0 Å². The van der Waals surface area contributed by atoms with E-state index < -0.39 is 11.8 Å². The Kier molecular flexibility index (Phi) is 9.67. The number of carbonyl (C=O) groups is 1. The van der Waals surface area contributed by atoms with Crippen LogP contribution in [0.3, 0.4) is 0 Å². The molecule has 0 radical (unpaired) electrons. The van der Waals surface area contributed by atoms with Gasteiger partial charge in [0.1, 0.15) is 5.78 Å². The molecule has 0 heterocycles. The minimum absolute atomic E-state index is 0.0475. The predicted molar refractivity (Wildman–Crippen MR) is 183 cm³/mol. The molecule has 42 heavy (non-hydrogen) atoms. The van der Waals surface area contributed by atoms with Crippen LogP contribution in [0.2, 0.25) is 20.1 Å². The Morgan fingerprint density at radius 3 is 1.14 bits per heavy atom. The highest BCUT2D eigenvalue weighted by atomic mass is 35.5. The van der Waals surface area contributed by atoms with Crippen LogP contribution in [0.15, 0.2) is 24.3 Å². The SMILES string of the molecule is CC(C(=O)C(C)c1cc(Cl)c(C2CC(C)(C)CC(C)(C)C2)cc1Cl)c1cc(Cl)c(C2CC(C)(C)CC(C)(C)C2)cc1Cl. The molecule has 2 aliphatic carbocycles. The summed E-state index contributed by atoms with van der Waals surface area (Å²) in [7, 11) is 0. The molecule has 0 amide bonds. The van der Waals surface area contributed by atoms with E-state index in [0.717, 1.165) is 47.9 Å². The number of hydrogen-bond acceptors (Lipinski definition) is 1. The van der Waals surface area contributed by atoms with E-state index in [4.69, 9.17) is 46.4 Å². The molecule has 2 aromatic rings. The van der Waals surface area contributed by atoms with Crippen LogP contribution < -0.4 is 0 Å². The minimum Gasteiger partial charge on any atom is -0.298 e. The zero-order valence-corrected chi connectivity index (χ0v) is 30.3. The van der Waals surface area contributed by atoms with Crippen molar-refractivity contribution in [2.75, 3.05) is 0 Å². The fraction of sp³-hybridized carbons (Fsp3) is 0.649. The first-order valence-corrected chi connectivity index (χ1v) is 17.1. The Hall–Kier alpha value is -0.730. The number of Topliss-reactive ketones (excluding diaryl/α,β-unsaturated/α-hetero) is 1. The van der Waals surface area contributed by atoms with Crippen molar-refractivity contribution < 1.29 is 4.79 Å². The molecule has 2 atom stereocenters. The van der Waals surface area contributed by atoms with Crippen molar-refractivity contribution >= 4 is 52.2 Å². The molecular formula is C37H50Cl4O. The van der Waals surface area contributed by atoms with Gasteiger partial charge in [-0.05, 0) is 119 Å². The maximum Gasteiger partial charge on any atom is 0.147 e. The van der Waals surface area contributed by atoms with Crippen molar-refractivity contribution in [2.45, 2.75) is 131 Å². The van der Waals surface area contributed by atoms with Gasteiger partial charge in [-0.25, -0.2) is 0 Å². The quantitative estimate of drug-likeness (QED) is 0.304. The standard InChI is InChI=1S/C37H50Cl4O/c1-21(25-11-31(40)27(13-29(25)38)23-15-34(3,4)19-35(5,6)16-23)33(42)22(2)26-12-32(41)28(14-30(26)39)24-17-36(7,8)20-37(9,10)18-24/h11-14,21-24H,15-20H2,1-10H3. The van der Waals surface area contributed by atoms with Gasteiger partial charge in [0.05, 0.1) is 0 Å². The second-order valence-corrected chi connectivity index (χ2v) is 18.5. The molecule has 1 nitrogen and oxygen atoms in total. The fourth-order valence-corrected chi connectivity index (χ4v) is 10.6. The van der Waals surface area contributed by atoms with E-state index in [-0.39, 0.29) is 27.4 Å². The summed E-state index contributed by atoms with van der Waals surface area (Å²) in [6, 6.07) is 7.88. The minimum atomic E-state index is -0.437. The van der Waals surface area contributed by atoms with E-state index in [1.165, 1.54) is 12.8 Å². The molecule has 2 fully saturated rings. The second kappa shape index (κ2) is 11.9. The van der Waals surface area contributed by atoms with Gasteiger partial charge in [-0.15, -0.1) is 0 Å². The number of benzene rings is 2. The molecule has 0 bridgehead atoms. The Morgan fingerprint density at radius 2 is 0.857 bits per heavy atom. The monoisotopic (exact) mass is 650 g/mol. The third-order valence-electron chi connectivity index (χ3n) is 10.0. The van der Waals surface area contributed by atoms with Crippen LogP contribution in [0.4, 0.5) is 0 Å². The lowest BCUT2D eigenvalue weighted by Gasteiger charge is -2.45. The van der Waals surface area contributed by atoms with E-state index >= 15 is 0 Å². The average Bonchev–Trinajstić information content (AvgIpc) is 2.81. The van der Waals surface area contributed by atoms with Gasteiger partial charge < -0.3 is 0 Å². The van der Waals surface area contributed by atoms with Crippen molar-refractivity contribution in [2.24, 2.45) is 21.7 Å². The summed E-state index contributed by atoms with van der Waals surface area (Å²) in [6.07, 6.45) is 6.66. The molecule has 0 aliphatic heterocycles. The van der Waals surface area contributed by atoms with E-state index in [1.54, 1.807) is 0 Å². The highest BCUT2D eigenvalue weighted by Crippen LogP contribution is 2.55. The smallest absolute Gasteiger partial charge is 0.147 e. The molecule has 5 heteroatoms. The first-order valence-electron chi connectivity index (χ1n) is 15.6. The highest BCUT2D eigenvalue weighted by Gasteiger charge is 2.41. The molecule has 0 aromatic heterocycles. The van der Waals surface area contributed by atoms with Gasteiger partial charge in [0.2, 0.25) is 0 Å². The molecule has 4 rings (SSSR count). The number of carbonyl (C=O) groups excluding carboxylic acids is 1. The van der Waals surface area contributed by atoms with Crippen LogP contribution in [0.1, 0.15) is 154 Å². The van der Waals surface area contributed by atoms with Crippen LogP contribution in [0, 0.1) is 21.7 Å². The number of hydrogen-bond donors (Lipinski definition) is 0. The van der Waals surface area contributed by atoms with Crippen molar-refractivity contribution in [3.05, 3.63) is 66.6 Å². The highest BCUT2D eigenvalue weighted by molar-refractivity contribution is 6.35. The molecule has 2 aromatic carbocycles. The third-order valence-corrected chi connectivity index (χ3v) is 11.3. The van der Waals surface area contributed by atoms with Crippen molar-refractivity contribution in [3.63, 3.8) is 0 Å². The van der Waals surface area contributed by atoms with Crippen LogP contribution in [0.25, 0.3) is 0 Å². The van der Waals surface area contributed by atoms with E-state index in [9.17, 15) is 4.79 Å². The van der Waals surface area contributed by atoms with Gasteiger partial charge in [-0.3, -0.25) is 4.79 Å². The summed E-state index contributed by atoms with van der Waals surface area (Å²) in [4.78, 5) is 13.9. The Labute approximate surface area is 275 Å². The Bertz CT molecular complexity index is 1220. The summed E-state index contributed by atoms with van der Waals surface area (Å²) in [5, 5.41) is 2.60. The number of halogens is 4. The molecule has 0 N–H and O–H groups in total. The zero-order valence-electron chi connectivity index (χ0n) is 27.3. The number of rotatable bonds is 6. The molecule has 2 unspecified atom stereocenters. The van der Waals surface area contributed by atoms with Gasteiger partial charge in [0, 0.05) is 31.9 Å². The predicted octanol–water partition coefficient (Wildman–Crippen LogP) is 13.4. The van der Waals surface area contributed by atoms with Gasteiger partial charge >= 0.3 is 0 Å². The van der Waals surface area contributed by atoms with Crippen LogP contribution in [0.5, 0.6) is 0 Å². The maximum atomic E-state index is 13.9. The number of ketones is 1. The van der Waals surface area contributed by atoms with Crippen LogP contribution in [-0.4, -0.2) is 5.78 Å². The van der Waals surface area contributed by atoms with E-state index in [0.29, 0.717) is 31.9 Å². The second-order valence-electron chi connectivity index (χ2n) is 16.9. The molecular weight excluding hydrogens is 602 g/mol. The van der Waals surface area contributed by atoms with Gasteiger partial charge in [-0.2, -0.15) is 0 Å². The summed E-state index contributed by atoms with van der Waals surface area (Å²) in [6.45, 7) is 22.6. The topological polar surface area (TPSA) is 17.1 Å². The lowest BCUT2D eigenvalue weighted by molar-refractivity contribution is -0.121. The normalized spacial score (nSPS) is 23.4. The summed E-state index contributed by atoms with van der Waals surface area (Å²) < 4.78 is 0. The first kappa shape index (κ1) is 34.1. The van der Waals surface area contributed by atoms with Crippen molar-refractivity contribution in [1.29, 1.82) is 0 Å². The zero-order chi connectivity index (χ0) is 31.6. The van der Waals surface area contributed by atoms with Gasteiger partial charge in [-0.1, -0.05) is 116 Å². The van der Waals surface area contributed by atoms with Gasteiger partial charge in [0.25, 0.3) is 0 Å². The van der Waals surface area contributed by atoms with Crippen LogP contribution in [-0.2, 0) is 4.79 Å². The van der Waals surface area contributed by atoms with Crippen molar-refractivity contribution in [1.82, 2.24) is 0 Å². The third kappa shape index (κ3) is 7.55. The molecule has 2 aliphatic rings. The largest absolute Gasteiger partial charge is 0.298 e. The Balaban J connectivity index is 1.58. The molecule has 2 saturated carbocycles. The summed E-state index contributed by atoms with van der Waals surface area (Å²) in [5.41, 5.74) is 4.66. The fourth-order valence-electron chi connectivity index (χ4n) is 9.26. The molecule has 0 saturated heterocycles. The first-order chi connectivity index (χ1) is 19.1. The summed E-state index contributed by atoms with van der Waals surface area (Å²) in [5.74, 6) is -0.146. The lowest BCUT2D eigenvalue weighted by Crippen LogP contribution is -2.33. The lowest BCUT2D eigenvalue weighted by atomic mass is 9.60. The average molecular weight is 653 g/mol. The molecule has 232 valence electrons. The maximum absolute atomic E-state index is 13.9. The van der Waals surface area contributed by atoms with Crippen LogP contribution >= 0.6 is 46.4 Å².